The summed E-state index contributed by atoms with van der Waals surface area (Å²) in [5.74, 6) is 1.25. The molecular formula is C15H16N2O3. The van der Waals surface area contributed by atoms with Gasteiger partial charge in [0.05, 0.1) is 5.69 Å². The molecule has 0 atom stereocenters. The maximum absolute atomic E-state index is 12.5. The van der Waals surface area contributed by atoms with Gasteiger partial charge in [-0.1, -0.05) is 6.92 Å². The van der Waals surface area contributed by atoms with Gasteiger partial charge in [-0.25, -0.2) is 0 Å². The number of hydrogen-bond acceptors (Lipinski definition) is 4. The van der Waals surface area contributed by atoms with E-state index in [1.807, 2.05) is 13.0 Å². The average molecular weight is 272 g/mol. The molecule has 1 aliphatic rings. The van der Waals surface area contributed by atoms with Gasteiger partial charge in [-0.3, -0.25) is 9.48 Å². The van der Waals surface area contributed by atoms with Gasteiger partial charge in [-0.05, 0) is 30.7 Å². The van der Waals surface area contributed by atoms with E-state index in [1.165, 1.54) is 0 Å². The van der Waals surface area contributed by atoms with E-state index in [1.54, 1.807) is 29.9 Å². The van der Waals surface area contributed by atoms with Crippen LogP contribution in [0.1, 0.15) is 28.7 Å². The molecule has 5 heteroatoms. The summed E-state index contributed by atoms with van der Waals surface area (Å²) in [7, 11) is 1.78. The van der Waals surface area contributed by atoms with E-state index in [0.717, 1.165) is 12.1 Å². The Bertz CT molecular complexity index is 661. The number of ketones is 1. The fraction of sp³-hybridized carbons (Fsp3) is 0.333. The molecule has 0 aliphatic carbocycles. The molecule has 2 heterocycles. The summed E-state index contributed by atoms with van der Waals surface area (Å²) < 4.78 is 12.6. The van der Waals surface area contributed by atoms with Crippen molar-refractivity contribution in [1.82, 2.24) is 9.78 Å². The number of nitrogens with zero attached hydrogens (tertiary/aromatic N) is 2. The number of carbonyl (C=O) groups excluding carboxylic acids is 1. The third-order valence-corrected chi connectivity index (χ3v) is 3.33. The third kappa shape index (κ3) is 2.15. The topological polar surface area (TPSA) is 53.4 Å². The number of fused-ring (bicyclic) bond motifs is 1. The maximum atomic E-state index is 12.5. The summed E-state index contributed by atoms with van der Waals surface area (Å²) in [6.07, 6.45) is 0.808. The first-order valence-electron chi connectivity index (χ1n) is 6.66. The Labute approximate surface area is 117 Å². The molecule has 20 heavy (non-hydrogen) atoms. The van der Waals surface area contributed by atoms with Gasteiger partial charge in [0.15, 0.2) is 11.5 Å². The van der Waals surface area contributed by atoms with Crippen molar-refractivity contribution in [2.24, 2.45) is 7.05 Å². The maximum Gasteiger partial charge on any atom is 0.211 e. The largest absolute Gasteiger partial charge is 0.486 e. The Morgan fingerprint density at radius 2 is 2.00 bits per heavy atom. The van der Waals surface area contributed by atoms with Crippen molar-refractivity contribution < 1.29 is 14.3 Å². The van der Waals surface area contributed by atoms with Crippen LogP contribution in [0.4, 0.5) is 0 Å². The predicted molar refractivity (Wildman–Crippen MR) is 73.5 cm³/mol. The van der Waals surface area contributed by atoms with Crippen molar-refractivity contribution in [2.75, 3.05) is 13.2 Å². The lowest BCUT2D eigenvalue weighted by Crippen LogP contribution is -2.16. The summed E-state index contributed by atoms with van der Waals surface area (Å²) >= 11 is 0. The van der Waals surface area contributed by atoms with Gasteiger partial charge in [0, 0.05) is 12.6 Å². The van der Waals surface area contributed by atoms with Crippen molar-refractivity contribution in [2.45, 2.75) is 13.3 Å². The second-order valence-electron chi connectivity index (χ2n) is 4.69. The van der Waals surface area contributed by atoms with E-state index in [0.29, 0.717) is 36.0 Å². The highest BCUT2D eigenvalue weighted by atomic mass is 16.6. The van der Waals surface area contributed by atoms with Crippen molar-refractivity contribution in [3.63, 3.8) is 0 Å². The normalized spacial score (nSPS) is 13.3. The SMILES string of the molecule is CCc1cc(C(=O)c2ccc3c(c2)OCCO3)n(C)n1. The molecule has 2 aromatic rings. The van der Waals surface area contributed by atoms with Gasteiger partial charge in [0.25, 0.3) is 0 Å². The van der Waals surface area contributed by atoms with Crippen LogP contribution in [0, 0.1) is 0 Å². The van der Waals surface area contributed by atoms with Crippen molar-refractivity contribution in [3.8, 4) is 11.5 Å². The van der Waals surface area contributed by atoms with Gasteiger partial charge in [0.2, 0.25) is 5.78 Å². The van der Waals surface area contributed by atoms with E-state index in [-0.39, 0.29) is 5.78 Å². The lowest BCUT2D eigenvalue weighted by molar-refractivity contribution is 0.102. The lowest BCUT2D eigenvalue weighted by atomic mass is 10.1. The number of benzene rings is 1. The molecule has 0 unspecified atom stereocenters. The summed E-state index contributed by atoms with van der Waals surface area (Å²) in [5.41, 5.74) is 2.08. The average Bonchev–Trinajstić information content (AvgIpc) is 2.87. The number of carbonyl (C=O) groups is 1. The van der Waals surface area contributed by atoms with Gasteiger partial charge in [-0.15, -0.1) is 0 Å². The number of hydrogen-bond donors (Lipinski definition) is 0. The minimum Gasteiger partial charge on any atom is -0.486 e. The molecule has 0 saturated heterocycles. The Morgan fingerprint density at radius 1 is 1.25 bits per heavy atom. The first-order valence-corrected chi connectivity index (χ1v) is 6.66. The predicted octanol–water partition coefficient (Wildman–Crippen LogP) is 1.98. The van der Waals surface area contributed by atoms with Crippen LogP contribution in [-0.4, -0.2) is 28.8 Å². The van der Waals surface area contributed by atoms with E-state index in [9.17, 15) is 4.79 Å². The molecule has 0 bridgehead atoms. The molecule has 0 N–H and O–H groups in total. The van der Waals surface area contributed by atoms with E-state index >= 15 is 0 Å². The fourth-order valence-corrected chi connectivity index (χ4v) is 2.24. The first-order chi connectivity index (χ1) is 9.69. The zero-order valence-corrected chi connectivity index (χ0v) is 11.5. The van der Waals surface area contributed by atoms with Crippen LogP contribution in [0.5, 0.6) is 11.5 Å². The van der Waals surface area contributed by atoms with Crippen molar-refractivity contribution in [1.29, 1.82) is 0 Å². The van der Waals surface area contributed by atoms with E-state index < -0.39 is 0 Å². The second-order valence-corrected chi connectivity index (χ2v) is 4.69. The standard InChI is InChI=1S/C15H16N2O3/c1-3-11-9-12(17(2)16-11)15(18)10-4-5-13-14(8-10)20-7-6-19-13/h4-5,8-9H,3,6-7H2,1-2H3. The summed E-state index contributed by atoms with van der Waals surface area (Å²) in [6.45, 7) is 3.07. The monoisotopic (exact) mass is 272 g/mol. The number of aryl methyl sites for hydroxylation is 2. The van der Waals surface area contributed by atoms with Gasteiger partial charge in [-0.2, -0.15) is 5.10 Å². The Morgan fingerprint density at radius 3 is 2.70 bits per heavy atom. The quantitative estimate of drug-likeness (QED) is 0.802. The molecule has 0 spiro atoms. The minimum atomic E-state index is -0.0586. The molecular weight excluding hydrogens is 256 g/mol. The zero-order valence-electron chi connectivity index (χ0n) is 11.5. The molecule has 1 aliphatic heterocycles. The Hall–Kier alpha value is -2.30. The highest BCUT2D eigenvalue weighted by Gasteiger charge is 2.18. The zero-order chi connectivity index (χ0) is 14.1. The summed E-state index contributed by atoms with van der Waals surface area (Å²) in [5, 5.41) is 4.30. The summed E-state index contributed by atoms with van der Waals surface area (Å²) in [4.78, 5) is 12.5. The number of ether oxygens (including phenoxy) is 2. The number of aromatic nitrogens is 2. The Balaban J connectivity index is 1.95. The van der Waals surface area contributed by atoms with E-state index in [2.05, 4.69) is 5.10 Å². The third-order valence-electron chi connectivity index (χ3n) is 3.33. The van der Waals surface area contributed by atoms with Crippen molar-refractivity contribution in [3.05, 3.63) is 41.2 Å². The van der Waals surface area contributed by atoms with Crippen LogP contribution in [0.15, 0.2) is 24.3 Å². The lowest BCUT2D eigenvalue weighted by Gasteiger charge is -2.18. The van der Waals surface area contributed by atoms with Crippen LogP contribution >= 0.6 is 0 Å². The van der Waals surface area contributed by atoms with Crippen LogP contribution in [0.25, 0.3) is 0 Å². The molecule has 0 radical (unpaired) electrons. The number of rotatable bonds is 3. The van der Waals surface area contributed by atoms with Gasteiger partial charge in [0.1, 0.15) is 18.9 Å². The smallest absolute Gasteiger partial charge is 0.211 e. The molecule has 104 valence electrons. The van der Waals surface area contributed by atoms with Crippen LogP contribution in [0.2, 0.25) is 0 Å². The van der Waals surface area contributed by atoms with Crippen LogP contribution in [-0.2, 0) is 13.5 Å². The molecule has 3 rings (SSSR count). The molecule has 0 saturated carbocycles. The van der Waals surface area contributed by atoms with Crippen LogP contribution in [0.3, 0.4) is 0 Å². The molecule has 1 aromatic carbocycles. The van der Waals surface area contributed by atoms with E-state index in [4.69, 9.17) is 9.47 Å². The molecule has 0 fully saturated rings. The summed E-state index contributed by atoms with van der Waals surface area (Å²) in [6, 6.07) is 7.10. The first kappa shape index (κ1) is 12.7. The molecule has 5 nitrogen and oxygen atoms in total. The second kappa shape index (κ2) is 5.00. The highest BCUT2D eigenvalue weighted by molar-refractivity contribution is 6.08. The highest BCUT2D eigenvalue weighted by Crippen LogP contribution is 2.31. The molecule has 0 amide bonds. The van der Waals surface area contributed by atoms with Crippen molar-refractivity contribution >= 4 is 5.78 Å². The fourth-order valence-electron chi connectivity index (χ4n) is 2.24. The van der Waals surface area contributed by atoms with Crippen LogP contribution < -0.4 is 9.47 Å². The minimum absolute atomic E-state index is 0.0586. The molecule has 1 aromatic heterocycles. The van der Waals surface area contributed by atoms with Gasteiger partial charge >= 0.3 is 0 Å². The van der Waals surface area contributed by atoms with Gasteiger partial charge < -0.3 is 9.47 Å². The Kier molecular flexibility index (Phi) is 3.18.